The Morgan fingerprint density at radius 2 is 0.935 bits per heavy atom. The Kier molecular flexibility index (Phi) is 11.5. The molecule has 0 fully saturated rings. The molecule has 6 nitrogen and oxygen atoms in total. The van der Waals surface area contributed by atoms with Gasteiger partial charge in [-0.3, -0.25) is 0 Å². The number of hydrogen-bond acceptors (Lipinski definition) is 6. The van der Waals surface area contributed by atoms with Gasteiger partial charge in [-0.05, 0) is 49.2 Å². The van der Waals surface area contributed by atoms with Gasteiger partial charge < -0.3 is 29.3 Å². The predicted molar refractivity (Wildman–Crippen MR) is 111 cm³/mol. The summed E-state index contributed by atoms with van der Waals surface area (Å²) in [4.78, 5) is 21.8. The largest absolute Gasteiger partial charge is 2.00 e. The van der Waals surface area contributed by atoms with Crippen molar-refractivity contribution < 1.29 is 48.8 Å². The molecule has 31 heavy (non-hydrogen) atoms. The van der Waals surface area contributed by atoms with E-state index in [0.717, 1.165) is 11.5 Å². The molecule has 2 rings (SSSR count). The SMILES string of the molecule is CCOc1ccc(C(C)(C)C(=O)[O-])cc1.CCOc1ccc(C(C)(C)C(=O)[O-])cc1.[Zn+2]. The number of ether oxygens (including phenoxy) is 2. The fourth-order valence-electron chi connectivity index (χ4n) is 2.50. The first kappa shape index (κ1) is 28.6. The molecule has 164 valence electrons. The average Bonchev–Trinajstić information content (AvgIpc) is 2.69. The first-order chi connectivity index (χ1) is 14.0. The van der Waals surface area contributed by atoms with Crippen LogP contribution in [0.25, 0.3) is 0 Å². The predicted octanol–water partition coefficient (Wildman–Crippen LogP) is 2.22. The second-order valence-electron chi connectivity index (χ2n) is 7.74. The Hall–Kier alpha value is -2.40. The van der Waals surface area contributed by atoms with Crippen molar-refractivity contribution in [2.24, 2.45) is 0 Å². The van der Waals surface area contributed by atoms with E-state index in [-0.39, 0.29) is 19.5 Å². The Morgan fingerprint density at radius 3 is 1.13 bits per heavy atom. The minimum absolute atomic E-state index is 0. The van der Waals surface area contributed by atoms with Crippen LogP contribution in [-0.2, 0) is 39.9 Å². The number of carboxylic acid groups (broad SMARTS) is 2. The van der Waals surface area contributed by atoms with Gasteiger partial charge in [-0.15, -0.1) is 0 Å². The summed E-state index contributed by atoms with van der Waals surface area (Å²) >= 11 is 0. The van der Waals surface area contributed by atoms with E-state index in [0.29, 0.717) is 24.3 Å². The van der Waals surface area contributed by atoms with E-state index in [4.69, 9.17) is 9.47 Å². The Labute approximate surface area is 197 Å². The van der Waals surface area contributed by atoms with Crippen LogP contribution in [0, 0.1) is 0 Å². The third-order valence-corrected chi connectivity index (χ3v) is 4.79. The summed E-state index contributed by atoms with van der Waals surface area (Å²) in [5, 5.41) is 21.8. The van der Waals surface area contributed by atoms with Gasteiger partial charge in [0.2, 0.25) is 0 Å². The van der Waals surface area contributed by atoms with Crippen molar-refractivity contribution in [1.29, 1.82) is 0 Å². The summed E-state index contributed by atoms with van der Waals surface area (Å²) in [6.45, 7) is 11.5. The van der Waals surface area contributed by atoms with Gasteiger partial charge in [0, 0.05) is 10.8 Å². The Balaban J connectivity index is 0.000000562. The third kappa shape index (κ3) is 7.99. The van der Waals surface area contributed by atoms with Gasteiger partial charge in [0.05, 0.1) is 25.2 Å². The van der Waals surface area contributed by atoms with Gasteiger partial charge in [-0.25, -0.2) is 0 Å². The van der Waals surface area contributed by atoms with E-state index in [1.54, 1.807) is 76.2 Å². The smallest absolute Gasteiger partial charge is 0.549 e. The van der Waals surface area contributed by atoms with Crippen LogP contribution in [-0.4, -0.2) is 25.2 Å². The Morgan fingerprint density at radius 1 is 0.677 bits per heavy atom. The van der Waals surface area contributed by atoms with Gasteiger partial charge in [0.1, 0.15) is 11.5 Å². The molecule has 2 aromatic rings. The maximum atomic E-state index is 10.9. The average molecular weight is 480 g/mol. The van der Waals surface area contributed by atoms with Crippen molar-refractivity contribution in [2.45, 2.75) is 52.4 Å². The minimum Gasteiger partial charge on any atom is -0.549 e. The summed E-state index contributed by atoms with van der Waals surface area (Å²) in [5.41, 5.74) is -0.507. The first-order valence-electron chi connectivity index (χ1n) is 9.86. The van der Waals surface area contributed by atoms with Crippen LogP contribution in [0.15, 0.2) is 48.5 Å². The van der Waals surface area contributed by atoms with E-state index >= 15 is 0 Å². The van der Waals surface area contributed by atoms with Gasteiger partial charge in [0.15, 0.2) is 0 Å². The molecule has 0 saturated carbocycles. The standard InChI is InChI=1S/2C12H16O3.Zn/c2*1-4-15-10-7-5-9(6-8-10)12(2,3)11(13)14;/h2*5-8H,4H2,1-3H3,(H,13,14);/q;;+2/p-2. The molecule has 0 spiro atoms. The van der Waals surface area contributed by atoms with Crippen molar-refractivity contribution in [3.05, 3.63) is 59.7 Å². The van der Waals surface area contributed by atoms with Crippen LogP contribution < -0.4 is 19.7 Å². The minimum atomic E-state index is -1.08. The number of hydrogen-bond donors (Lipinski definition) is 0. The Bertz CT molecular complexity index is 755. The summed E-state index contributed by atoms with van der Waals surface area (Å²) in [6.07, 6.45) is 0. The van der Waals surface area contributed by atoms with E-state index in [2.05, 4.69) is 0 Å². The molecule has 7 heteroatoms. The van der Waals surface area contributed by atoms with E-state index in [9.17, 15) is 19.8 Å². The number of carbonyl (C=O) groups excluding carboxylic acids is 2. The monoisotopic (exact) mass is 478 g/mol. The summed E-state index contributed by atoms with van der Waals surface area (Å²) in [5.74, 6) is -0.663. The maximum absolute atomic E-state index is 10.9. The molecule has 0 aliphatic rings. The summed E-state index contributed by atoms with van der Waals surface area (Å²) in [6, 6.07) is 14.1. The van der Waals surface area contributed by atoms with Crippen LogP contribution in [0.2, 0.25) is 0 Å². The second-order valence-corrected chi connectivity index (χ2v) is 7.74. The fraction of sp³-hybridized carbons (Fsp3) is 0.417. The summed E-state index contributed by atoms with van der Waals surface area (Å²) in [7, 11) is 0. The van der Waals surface area contributed by atoms with E-state index in [1.165, 1.54) is 0 Å². The van der Waals surface area contributed by atoms with Crippen LogP contribution in [0.4, 0.5) is 0 Å². The molecule has 0 saturated heterocycles. The zero-order chi connectivity index (χ0) is 22.9. The molecule has 0 heterocycles. The summed E-state index contributed by atoms with van der Waals surface area (Å²) < 4.78 is 10.5. The number of carbonyl (C=O) groups is 2. The van der Waals surface area contributed by atoms with Crippen LogP contribution in [0.3, 0.4) is 0 Å². The normalized spacial score (nSPS) is 10.8. The van der Waals surface area contributed by atoms with Gasteiger partial charge in [-0.2, -0.15) is 0 Å². The number of carboxylic acids is 2. The van der Waals surface area contributed by atoms with Gasteiger partial charge in [0.25, 0.3) is 0 Å². The molecule has 0 aliphatic carbocycles. The molecule has 0 amide bonds. The van der Waals surface area contributed by atoms with Crippen LogP contribution in [0.5, 0.6) is 11.5 Å². The number of aliphatic carboxylic acids is 2. The first-order valence-corrected chi connectivity index (χ1v) is 9.86. The van der Waals surface area contributed by atoms with E-state index < -0.39 is 22.8 Å². The maximum Gasteiger partial charge on any atom is 2.00 e. The van der Waals surface area contributed by atoms with Crippen LogP contribution in [0.1, 0.15) is 52.7 Å². The van der Waals surface area contributed by atoms with Crippen molar-refractivity contribution >= 4 is 11.9 Å². The van der Waals surface area contributed by atoms with Crippen LogP contribution >= 0.6 is 0 Å². The van der Waals surface area contributed by atoms with Crippen molar-refractivity contribution in [1.82, 2.24) is 0 Å². The topological polar surface area (TPSA) is 98.7 Å². The zero-order valence-corrected chi connectivity index (χ0v) is 22.2. The number of benzene rings is 2. The quantitative estimate of drug-likeness (QED) is 0.538. The molecule has 0 N–H and O–H groups in total. The third-order valence-electron chi connectivity index (χ3n) is 4.79. The second kappa shape index (κ2) is 12.5. The van der Waals surface area contributed by atoms with E-state index in [1.807, 2.05) is 13.8 Å². The van der Waals surface area contributed by atoms with Gasteiger partial charge >= 0.3 is 19.5 Å². The van der Waals surface area contributed by atoms with Gasteiger partial charge in [-0.1, -0.05) is 52.0 Å². The fourth-order valence-corrected chi connectivity index (χ4v) is 2.50. The molecule has 0 radical (unpaired) electrons. The molecular formula is C24H30O6Zn. The molecule has 0 aliphatic heterocycles. The molecule has 0 aromatic heterocycles. The molecular weight excluding hydrogens is 450 g/mol. The molecule has 0 unspecified atom stereocenters. The van der Waals surface area contributed by atoms with Crippen molar-refractivity contribution in [2.75, 3.05) is 13.2 Å². The van der Waals surface area contributed by atoms with Crippen molar-refractivity contribution in [3.8, 4) is 11.5 Å². The molecule has 0 bridgehead atoms. The molecule has 2 aromatic carbocycles. The zero-order valence-electron chi connectivity index (χ0n) is 19.2. The number of rotatable bonds is 8. The molecule has 0 atom stereocenters. The van der Waals surface area contributed by atoms with Crippen molar-refractivity contribution in [3.63, 3.8) is 0 Å².